The number of ether oxygens (including phenoxy) is 1. The van der Waals surface area contributed by atoms with Crippen LogP contribution in [0.25, 0.3) is 6.08 Å². The summed E-state index contributed by atoms with van der Waals surface area (Å²) in [5.74, 6) is -0.362. The SMILES string of the molecule is COC(=O)/C=C/c1ccc(O)cc1Cl. The number of phenolic OH excluding ortho intramolecular Hbond substituents is 1. The van der Waals surface area contributed by atoms with E-state index in [1.165, 1.54) is 31.4 Å². The first-order valence-electron chi connectivity index (χ1n) is 3.88. The second-order valence-corrected chi connectivity index (χ2v) is 2.97. The number of carbonyl (C=O) groups excluding carboxylic acids is 1. The summed E-state index contributed by atoms with van der Waals surface area (Å²) in [5.41, 5.74) is 0.648. The fraction of sp³-hybridized carbons (Fsp3) is 0.100. The Balaban J connectivity index is 2.87. The highest BCUT2D eigenvalue weighted by Crippen LogP contribution is 2.22. The van der Waals surface area contributed by atoms with Gasteiger partial charge in [-0.05, 0) is 29.8 Å². The molecule has 74 valence electrons. The predicted octanol–water partition coefficient (Wildman–Crippen LogP) is 2.23. The molecule has 0 aliphatic rings. The zero-order valence-electron chi connectivity index (χ0n) is 7.53. The van der Waals surface area contributed by atoms with E-state index in [9.17, 15) is 4.79 Å². The highest BCUT2D eigenvalue weighted by molar-refractivity contribution is 6.32. The molecular weight excluding hydrogens is 204 g/mol. The number of hydrogen-bond acceptors (Lipinski definition) is 3. The average Bonchev–Trinajstić information content (AvgIpc) is 2.16. The third-order valence-corrected chi connectivity index (χ3v) is 1.91. The number of rotatable bonds is 2. The molecule has 1 aromatic carbocycles. The molecule has 0 atom stereocenters. The Hall–Kier alpha value is -1.48. The van der Waals surface area contributed by atoms with Crippen LogP contribution in [-0.2, 0) is 9.53 Å². The van der Waals surface area contributed by atoms with Crippen molar-refractivity contribution in [1.29, 1.82) is 0 Å². The van der Waals surface area contributed by atoms with Crippen LogP contribution in [0.3, 0.4) is 0 Å². The highest BCUT2D eigenvalue weighted by atomic mass is 35.5. The van der Waals surface area contributed by atoms with Crippen molar-refractivity contribution in [1.82, 2.24) is 0 Å². The van der Waals surface area contributed by atoms with Crippen LogP contribution < -0.4 is 0 Å². The van der Waals surface area contributed by atoms with Crippen molar-refractivity contribution >= 4 is 23.6 Å². The normalized spacial score (nSPS) is 10.4. The molecule has 0 fully saturated rings. The zero-order valence-corrected chi connectivity index (χ0v) is 8.28. The van der Waals surface area contributed by atoms with E-state index in [2.05, 4.69) is 4.74 Å². The monoisotopic (exact) mass is 212 g/mol. The lowest BCUT2D eigenvalue weighted by atomic mass is 10.2. The molecule has 0 aliphatic heterocycles. The summed E-state index contributed by atoms with van der Waals surface area (Å²) < 4.78 is 4.42. The van der Waals surface area contributed by atoms with Gasteiger partial charge in [0.15, 0.2) is 0 Å². The summed E-state index contributed by atoms with van der Waals surface area (Å²) in [4.78, 5) is 10.8. The first-order valence-corrected chi connectivity index (χ1v) is 4.26. The van der Waals surface area contributed by atoms with E-state index in [-0.39, 0.29) is 5.75 Å². The molecule has 0 bridgehead atoms. The van der Waals surface area contributed by atoms with E-state index in [1.807, 2.05) is 0 Å². The summed E-state index contributed by atoms with van der Waals surface area (Å²) in [5, 5.41) is 9.44. The van der Waals surface area contributed by atoms with Crippen molar-refractivity contribution < 1.29 is 14.6 Å². The van der Waals surface area contributed by atoms with E-state index in [4.69, 9.17) is 16.7 Å². The molecule has 1 N–H and O–H groups in total. The Labute approximate surface area is 86.6 Å². The number of hydrogen-bond donors (Lipinski definition) is 1. The minimum absolute atomic E-state index is 0.0882. The molecule has 0 saturated carbocycles. The third kappa shape index (κ3) is 2.78. The second-order valence-electron chi connectivity index (χ2n) is 2.56. The Morgan fingerprint density at radius 3 is 2.86 bits per heavy atom. The molecule has 0 amide bonds. The first-order chi connectivity index (χ1) is 6.63. The lowest BCUT2D eigenvalue weighted by molar-refractivity contribution is -0.134. The maximum absolute atomic E-state index is 10.8. The van der Waals surface area contributed by atoms with Crippen LogP contribution in [0.15, 0.2) is 24.3 Å². The molecule has 0 aliphatic carbocycles. The van der Waals surface area contributed by atoms with E-state index < -0.39 is 5.97 Å². The van der Waals surface area contributed by atoms with Gasteiger partial charge in [0.1, 0.15) is 5.75 Å². The Bertz CT molecular complexity index is 372. The molecule has 14 heavy (non-hydrogen) atoms. The van der Waals surface area contributed by atoms with Crippen molar-refractivity contribution in [2.45, 2.75) is 0 Å². The van der Waals surface area contributed by atoms with Gasteiger partial charge in [0.05, 0.1) is 12.1 Å². The van der Waals surface area contributed by atoms with Crippen LogP contribution in [0.2, 0.25) is 5.02 Å². The van der Waals surface area contributed by atoms with Gasteiger partial charge in [-0.15, -0.1) is 0 Å². The molecule has 1 aromatic rings. The van der Waals surface area contributed by atoms with Gasteiger partial charge in [0.25, 0.3) is 0 Å². The third-order valence-electron chi connectivity index (χ3n) is 1.58. The molecule has 0 unspecified atom stereocenters. The van der Waals surface area contributed by atoms with Gasteiger partial charge in [0, 0.05) is 6.08 Å². The number of esters is 1. The summed E-state index contributed by atoms with van der Waals surface area (Å²) in [7, 11) is 1.30. The van der Waals surface area contributed by atoms with Crippen LogP contribution in [0.5, 0.6) is 5.75 Å². The maximum Gasteiger partial charge on any atom is 0.330 e. The van der Waals surface area contributed by atoms with Crippen molar-refractivity contribution in [2.75, 3.05) is 7.11 Å². The van der Waals surface area contributed by atoms with Crippen LogP contribution in [0.1, 0.15) is 5.56 Å². The molecule has 0 saturated heterocycles. The molecule has 1 rings (SSSR count). The summed E-state index contributed by atoms with van der Waals surface area (Å²) in [6.45, 7) is 0. The average molecular weight is 213 g/mol. The summed E-state index contributed by atoms with van der Waals surface area (Å²) in [6.07, 6.45) is 2.78. The Morgan fingerprint density at radius 1 is 1.57 bits per heavy atom. The molecule has 4 heteroatoms. The van der Waals surface area contributed by atoms with Crippen LogP contribution >= 0.6 is 11.6 Å². The van der Waals surface area contributed by atoms with Gasteiger partial charge in [0.2, 0.25) is 0 Å². The van der Waals surface area contributed by atoms with E-state index in [0.717, 1.165) is 0 Å². The highest BCUT2D eigenvalue weighted by Gasteiger charge is 1.98. The molecule has 0 radical (unpaired) electrons. The van der Waals surface area contributed by atoms with E-state index >= 15 is 0 Å². The lowest BCUT2D eigenvalue weighted by Gasteiger charge is -1.98. The van der Waals surface area contributed by atoms with Gasteiger partial charge in [-0.3, -0.25) is 0 Å². The van der Waals surface area contributed by atoms with Gasteiger partial charge >= 0.3 is 5.97 Å². The lowest BCUT2D eigenvalue weighted by Crippen LogP contribution is -1.93. The number of halogens is 1. The van der Waals surface area contributed by atoms with Crippen LogP contribution in [-0.4, -0.2) is 18.2 Å². The summed E-state index contributed by atoms with van der Waals surface area (Å²) >= 11 is 5.79. The Morgan fingerprint density at radius 2 is 2.29 bits per heavy atom. The summed E-state index contributed by atoms with van der Waals surface area (Å²) in [6, 6.07) is 4.50. The molecular formula is C10H9ClO3. The topological polar surface area (TPSA) is 46.5 Å². The second kappa shape index (κ2) is 4.67. The van der Waals surface area contributed by atoms with Crippen molar-refractivity contribution in [2.24, 2.45) is 0 Å². The number of methoxy groups -OCH3 is 1. The molecule has 0 heterocycles. The predicted molar refractivity (Wildman–Crippen MR) is 54.2 cm³/mol. The van der Waals surface area contributed by atoms with E-state index in [0.29, 0.717) is 10.6 Å². The van der Waals surface area contributed by atoms with Crippen LogP contribution in [0, 0.1) is 0 Å². The van der Waals surface area contributed by atoms with Crippen LogP contribution in [0.4, 0.5) is 0 Å². The van der Waals surface area contributed by atoms with Gasteiger partial charge in [-0.25, -0.2) is 4.79 Å². The number of benzene rings is 1. The first kappa shape index (κ1) is 10.6. The van der Waals surface area contributed by atoms with Gasteiger partial charge in [-0.1, -0.05) is 11.6 Å². The molecule has 3 nitrogen and oxygen atoms in total. The fourth-order valence-electron chi connectivity index (χ4n) is 0.877. The molecule has 0 spiro atoms. The van der Waals surface area contributed by atoms with Crippen molar-refractivity contribution in [3.8, 4) is 5.75 Å². The largest absolute Gasteiger partial charge is 0.508 e. The van der Waals surface area contributed by atoms with Gasteiger partial charge in [-0.2, -0.15) is 0 Å². The van der Waals surface area contributed by atoms with E-state index in [1.54, 1.807) is 6.07 Å². The van der Waals surface area contributed by atoms with Crippen molar-refractivity contribution in [3.05, 3.63) is 34.9 Å². The minimum atomic E-state index is -0.450. The zero-order chi connectivity index (χ0) is 10.6. The standard InChI is InChI=1S/C10H9ClO3/c1-14-10(13)5-3-7-2-4-8(12)6-9(7)11/h2-6,12H,1H3/b5-3+. The molecule has 0 aromatic heterocycles. The number of phenols is 1. The Kier molecular flexibility index (Phi) is 3.54. The number of aromatic hydroxyl groups is 1. The minimum Gasteiger partial charge on any atom is -0.508 e. The fourth-order valence-corrected chi connectivity index (χ4v) is 1.11. The quantitative estimate of drug-likeness (QED) is 0.604. The maximum atomic E-state index is 10.8. The smallest absolute Gasteiger partial charge is 0.330 e. The van der Waals surface area contributed by atoms with Crippen molar-refractivity contribution in [3.63, 3.8) is 0 Å². The van der Waals surface area contributed by atoms with Gasteiger partial charge < -0.3 is 9.84 Å². The number of carbonyl (C=O) groups is 1.